The van der Waals surface area contributed by atoms with Crippen LogP contribution in [0.5, 0.6) is 0 Å². The van der Waals surface area contributed by atoms with Crippen LogP contribution in [0.15, 0.2) is 0 Å². The molecular formula is C18H34O8PS-. The zero-order valence-corrected chi connectivity index (χ0v) is 19.2. The number of ether oxygens (including phenoxy) is 4. The second-order valence-corrected chi connectivity index (χ2v) is 12.0. The van der Waals surface area contributed by atoms with Gasteiger partial charge in [0.25, 0.3) is 0 Å². The molecule has 8 atom stereocenters. The maximum Gasteiger partial charge on any atom is 0.192 e. The van der Waals surface area contributed by atoms with Crippen LogP contribution in [0.1, 0.15) is 48.0 Å². The molecule has 0 aromatic carbocycles. The van der Waals surface area contributed by atoms with Gasteiger partial charge in [0, 0.05) is 5.25 Å². The molecule has 0 spiro atoms. The molecule has 2 aliphatic rings. The largest absolute Gasteiger partial charge is 0.770 e. The number of aliphatic hydroxyl groups is 1. The molecule has 1 N–H and O–H groups in total. The van der Waals surface area contributed by atoms with E-state index in [1.54, 1.807) is 6.92 Å². The van der Waals surface area contributed by atoms with Gasteiger partial charge in [-0.3, -0.25) is 4.57 Å². The first-order valence-electron chi connectivity index (χ1n) is 9.88. The Kier molecular flexibility index (Phi) is 9.26. The lowest BCUT2D eigenvalue weighted by atomic mass is 10.1. The van der Waals surface area contributed by atoms with Crippen molar-refractivity contribution in [3.8, 4) is 0 Å². The van der Waals surface area contributed by atoms with Crippen LogP contribution in [0.3, 0.4) is 0 Å². The summed E-state index contributed by atoms with van der Waals surface area (Å²) in [5.74, 6) is 0. The normalized spacial score (nSPS) is 38.4. The Bertz CT molecular complexity index is 534. The molecule has 0 aliphatic carbocycles. The van der Waals surface area contributed by atoms with Gasteiger partial charge in [-0.1, -0.05) is 11.4 Å². The van der Waals surface area contributed by atoms with Crippen molar-refractivity contribution < 1.29 is 38.0 Å². The smallest absolute Gasteiger partial charge is 0.192 e. The van der Waals surface area contributed by atoms with Gasteiger partial charge in [-0.15, -0.1) is 0 Å². The zero-order chi connectivity index (χ0) is 21.1. The van der Waals surface area contributed by atoms with E-state index in [4.69, 9.17) is 23.5 Å². The first-order chi connectivity index (χ1) is 13.0. The van der Waals surface area contributed by atoms with Crippen molar-refractivity contribution in [3.05, 3.63) is 0 Å². The van der Waals surface area contributed by atoms with Gasteiger partial charge in [-0.25, -0.2) is 0 Å². The quantitative estimate of drug-likeness (QED) is 0.510. The molecule has 2 heterocycles. The van der Waals surface area contributed by atoms with Crippen molar-refractivity contribution in [1.29, 1.82) is 0 Å². The van der Waals surface area contributed by atoms with Crippen molar-refractivity contribution in [3.63, 3.8) is 0 Å². The first kappa shape index (κ1) is 24.6. The molecule has 8 nitrogen and oxygen atoms in total. The van der Waals surface area contributed by atoms with Crippen LogP contribution in [-0.2, 0) is 28.0 Å². The molecule has 2 fully saturated rings. The standard InChI is InChI=1S/C18H35O8PS/c1-10(2)22-8-14-16(7-12(5)25-14)28-27(20,21)23-9-15-18(24-11(3)4)17(19)13(6)26-15/h10-19H,7-9H2,1-6H3,(H,20,21)/p-1/t12-,13-,14+,15+,16+,17?,18-/m0/s1. The van der Waals surface area contributed by atoms with Gasteiger partial charge in [0.2, 0.25) is 0 Å². The van der Waals surface area contributed by atoms with E-state index >= 15 is 0 Å². The fourth-order valence-electron chi connectivity index (χ4n) is 3.36. The fraction of sp³-hybridized carbons (Fsp3) is 1.00. The van der Waals surface area contributed by atoms with E-state index in [0.717, 1.165) is 11.4 Å². The molecule has 0 aromatic heterocycles. The number of aliphatic hydroxyl groups excluding tert-OH is 1. The van der Waals surface area contributed by atoms with Crippen LogP contribution < -0.4 is 4.89 Å². The zero-order valence-electron chi connectivity index (χ0n) is 17.5. The summed E-state index contributed by atoms with van der Waals surface area (Å²) in [6.45, 7) is 7.16. The molecule has 0 amide bonds. The summed E-state index contributed by atoms with van der Waals surface area (Å²) < 4.78 is 40.5. The Hall–Kier alpha value is 0.300. The molecule has 2 unspecified atom stereocenters. The molecule has 0 bridgehead atoms. The molecule has 28 heavy (non-hydrogen) atoms. The van der Waals surface area contributed by atoms with Crippen LogP contribution in [0.25, 0.3) is 0 Å². The topological polar surface area (TPSA) is 107 Å². The Morgan fingerprint density at radius 2 is 1.82 bits per heavy atom. The Morgan fingerprint density at radius 3 is 2.43 bits per heavy atom. The minimum absolute atomic E-state index is 0.0313. The minimum atomic E-state index is -4.19. The third kappa shape index (κ3) is 7.22. The monoisotopic (exact) mass is 441 g/mol. The SMILES string of the molecule is CC(C)OC[C@H]1O[C@@H](C)C[C@H]1SP(=O)([O-])OC[C@H]1O[C@@H](C)C(O)[C@H]1OC(C)C. The predicted molar refractivity (Wildman–Crippen MR) is 105 cm³/mol. The molecule has 2 aliphatic heterocycles. The predicted octanol–water partition coefficient (Wildman–Crippen LogP) is 2.12. The average molecular weight is 442 g/mol. The highest BCUT2D eigenvalue weighted by Gasteiger charge is 2.43. The van der Waals surface area contributed by atoms with E-state index in [-0.39, 0.29) is 36.3 Å². The minimum Gasteiger partial charge on any atom is -0.770 e. The van der Waals surface area contributed by atoms with Gasteiger partial charge in [0.05, 0.1) is 43.7 Å². The number of hydrogen-bond donors (Lipinski definition) is 1. The molecule has 166 valence electrons. The number of hydrogen-bond acceptors (Lipinski definition) is 9. The molecule has 0 saturated carbocycles. The maximum atomic E-state index is 12.5. The summed E-state index contributed by atoms with van der Waals surface area (Å²) in [6.07, 6.45) is -2.33. The van der Waals surface area contributed by atoms with Gasteiger partial charge >= 0.3 is 0 Å². The third-order valence-corrected chi connectivity index (χ3v) is 8.04. The summed E-state index contributed by atoms with van der Waals surface area (Å²) in [5.41, 5.74) is 0. The van der Waals surface area contributed by atoms with E-state index < -0.39 is 31.2 Å². The van der Waals surface area contributed by atoms with E-state index in [2.05, 4.69) is 0 Å². The van der Waals surface area contributed by atoms with Gasteiger partial charge in [-0.05, 0) is 48.0 Å². The van der Waals surface area contributed by atoms with Crippen molar-refractivity contribution in [2.75, 3.05) is 13.2 Å². The summed E-state index contributed by atoms with van der Waals surface area (Å²) in [7, 11) is 0. The first-order valence-corrected chi connectivity index (χ1v) is 12.9. The van der Waals surface area contributed by atoms with Crippen molar-refractivity contribution in [2.24, 2.45) is 0 Å². The molecule has 0 radical (unpaired) electrons. The Balaban J connectivity index is 1.90. The lowest BCUT2D eigenvalue weighted by Crippen LogP contribution is -2.38. The van der Waals surface area contributed by atoms with Crippen LogP contribution >= 0.6 is 18.2 Å². The Morgan fingerprint density at radius 1 is 1.14 bits per heavy atom. The van der Waals surface area contributed by atoms with Crippen molar-refractivity contribution in [2.45, 2.75) is 102 Å². The summed E-state index contributed by atoms with van der Waals surface area (Å²) >= 11 is 0.787. The Labute approximate surface area is 171 Å². The third-order valence-electron chi connectivity index (χ3n) is 4.64. The number of rotatable bonds is 10. The molecule has 2 saturated heterocycles. The molecule has 10 heteroatoms. The molecular weight excluding hydrogens is 407 g/mol. The van der Waals surface area contributed by atoms with Crippen LogP contribution in [-0.4, -0.2) is 72.4 Å². The highest BCUT2D eigenvalue weighted by molar-refractivity contribution is 8.54. The molecule has 0 aromatic rings. The second-order valence-electron chi connectivity index (χ2n) is 8.01. The average Bonchev–Trinajstić information content (AvgIpc) is 3.04. The summed E-state index contributed by atoms with van der Waals surface area (Å²) in [6, 6.07) is 0. The van der Waals surface area contributed by atoms with Crippen LogP contribution in [0.4, 0.5) is 0 Å². The van der Waals surface area contributed by atoms with Gasteiger partial charge in [-0.2, -0.15) is 0 Å². The lowest BCUT2D eigenvalue weighted by Gasteiger charge is -2.30. The van der Waals surface area contributed by atoms with E-state index in [1.165, 1.54) is 0 Å². The summed E-state index contributed by atoms with van der Waals surface area (Å²) in [4.78, 5) is 12.5. The van der Waals surface area contributed by atoms with Gasteiger partial charge in [0.15, 0.2) is 6.80 Å². The maximum absolute atomic E-state index is 12.5. The van der Waals surface area contributed by atoms with E-state index in [1.807, 2.05) is 34.6 Å². The highest BCUT2D eigenvalue weighted by atomic mass is 32.7. The summed E-state index contributed by atoms with van der Waals surface area (Å²) in [5, 5.41) is 9.96. The van der Waals surface area contributed by atoms with Crippen molar-refractivity contribution >= 4 is 18.2 Å². The van der Waals surface area contributed by atoms with Gasteiger partial charge < -0.3 is 33.5 Å². The lowest BCUT2D eigenvalue weighted by molar-refractivity contribution is -0.193. The second kappa shape index (κ2) is 10.6. The van der Waals surface area contributed by atoms with Crippen LogP contribution in [0, 0.1) is 0 Å². The van der Waals surface area contributed by atoms with E-state index in [9.17, 15) is 14.6 Å². The van der Waals surface area contributed by atoms with E-state index in [0.29, 0.717) is 13.0 Å². The van der Waals surface area contributed by atoms with Crippen LogP contribution in [0.2, 0.25) is 0 Å². The fourth-order valence-corrected chi connectivity index (χ4v) is 6.75. The van der Waals surface area contributed by atoms with Gasteiger partial charge in [0.1, 0.15) is 18.3 Å². The molecule has 2 rings (SSSR count). The highest BCUT2D eigenvalue weighted by Crippen LogP contribution is 2.57. The van der Waals surface area contributed by atoms with Crippen molar-refractivity contribution in [1.82, 2.24) is 0 Å².